The molecular formula is C24H21ClF2O. The summed E-state index contributed by atoms with van der Waals surface area (Å²) in [6.45, 7) is 0.713. The standard InChI is InChI=1S/C24H21ClF2O/c1-24(17-26,19-11-13-20(25)14-12-19)23(27)15-10-18-6-5-9-22(16-18)28-21-7-3-2-4-8-21/h2-9,11-16H,10,17H2,1H3/b23-15-. The van der Waals surface area contributed by atoms with Crippen molar-refractivity contribution in [3.8, 4) is 11.5 Å². The van der Waals surface area contributed by atoms with E-state index in [0.717, 1.165) is 11.3 Å². The molecule has 0 amide bonds. The monoisotopic (exact) mass is 398 g/mol. The van der Waals surface area contributed by atoms with E-state index in [-0.39, 0.29) is 0 Å². The summed E-state index contributed by atoms with van der Waals surface area (Å²) in [4.78, 5) is 0. The largest absolute Gasteiger partial charge is 0.457 e. The quantitative estimate of drug-likeness (QED) is 0.401. The van der Waals surface area contributed by atoms with Gasteiger partial charge in [0.15, 0.2) is 0 Å². The van der Waals surface area contributed by atoms with E-state index in [2.05, 4.69) is 0 Å². The van der Waals surface area contributed by atoms with Crippen LogP contribution >= 0.6 is 11.6 Å². The maximum absolute atomic E-state index is 14.9. The summed E-state index contributed by atoms with van der Waals surface area (Å²) in [5.74, 6) is 0.893. The van der Waals surface area contributed by atoms with Crippen LogP contribution < -0.4 is 4.74 Å². The Hall–Kier alpha value is -2.65. The van der Waals surface area contributed by atoms with Crippen LogP contribution in [0.15, 0.2) is 90.8 Å². The zero-order valence-electron chi connectivity index (χ0n) is 15.5. The lowest BCUT2D eigenvalue weighted by Gasteiger charge is -2.25. The molecule has 144 valence electrons. The first kappa shape index (κ1) is 20.1. The van der Waals surface area contributed by atoms with Gasteiger partial charge in [-0.25, -0.2) is 8.78 Å². The fourth-order valence-electron chi connectivity index (χ4n) is 2.89. The molecule has 0 radical (unpaired) electrons. The van der Waals surface area contributed by atoms with Crippen molar-refractivity contribution in [2.45, 2.75) is 18.8 Å². The summed E-state index contributed by atoms with van der Waals surface area (Å²) in [5, 5.41) is 0.532. The Morgan fingerprint density at radius 2 is 1.64 bits per heavy atom. The lowest BCUT2D eigenvalue weighted by molar-refractivity contribution is 0.319. The minimum atomic E-state index is -1.33. The van der Waals surface area contributed by atoms with Gasteiger partial charge in [-0.3, -0.25) is 0 Å². The fourth-order valence-corrected chi connectivity index (χ4v) is 3.02. The molecule has 0 aliphatic heterocycles. The summed E-state index contributed by atoms with van der Waals surface area (Å²) in [6.07, 6.45) is 1.76. The van der Waals surface area contributed by atoms with Crippen LogP contribution in [0.3, 0.4) is 0 Å². The highest BCUT2D eigenvalue weighted by molar-refractivity contribution is 6.30. The van der Waals surface area contributed by atoms with Gasteiger partial charge in [-0.15, -0.1) is 0 Å². The van der Waals surface area contributed by atoms with E-state index in [1.165, 1.54) is 6.08 Å². The molecule has 28 heavy (non-hydrogen) atoms. The number of hydrogen-bond donors (Lipinski definition) is 0. The molecule has 0 aromatic heterocycles. The lowest BCUT2D eigenvalue weighted by atomic mass is 9.82. The van der Waals surface area contributed by atoms with Crippen molar-refractivity contribution in [1.29, 1.82) is 0 Å². The number of para-hydroxylation sites is 1. The third-order valence-corrected chi connectivity index (χ3v) is 4.92. The summed E-state index contributed by atoms with van der Waals surface area (Å²) in [5.41, 5.74) is 0.0955. The van der Waals surface area contributed by atoms with E-state index in [1.807, 2.05) is 54.6 Å². The Bertz CT molecular complexity index is 938. The number of halogens is 3. The van der Waals surface area contributed by atoms with Crippen LogP contribution in [0, 0.1) is 0 Å². The van der Waals surface area contributed by atoms with E-state index in [0.29, 0.717) is 22.8 Å². The van der Waals surface area contributed by atoms with Crippen LogP contribution in [-0.2, 0) is 11.8 Å². The molecule has 3 rings (SSSR count). The topological polar surface area (TPSA) is 9.23 Å². The molecule has 0 spiro atoms. The van der Waals surface area contributed by atoms with Crippen molar-refractivity contribution in [2.24, 2.45) is 0 Å². The Morgan fingerprint density at radius 3 is 2.32 bits per heavy atom. The van der Waals surface area contributed by atoms with Gasteiger partial charge in [-0.1, -0.05) is 54.1 Å². The van der Waals surface area contributed by atoms with E-state index in [1.54, 1.807) is 31.2 Å². The second-order valence-electron chi connectivity index (χ2n) is 6.79. The second-order valence-corrected chi connectivity index (χ2v) is 7.23. The van der Waals surface area contributed by atoms with E-state index in [4.69, 9.17) is 16.3 Å². The van der Waals surface area contributed by atoms with E-state index in [9.17, 15) is 8.78 Å². The summed E-state index contributed by atoms with van der Waals surface area (Å²) < 4.78 is 34.5. The number of ether oxygens (including phenoxy) is 1. The normalized spacial score (nSPS) is 13.8. The molecule has 1 nitrogen and oxygen atoms in total. The van der Waals surface area contributed by atoms with Crippen LogP contribution in [0.4, 0.5) is 8.78 Å². The molecule has 1 unspecified atom stereocenters. The van der Waals surface area contributed by atoms with Gasteiger partial charge in [-0.2, -0.15) is 0 Å². The summed E-state index contributed by atoms with van der Waals surface area (Å²) >= 11 is 5.88. The van der Waals surface area contributed by atoms with Gasteiger partial charge >= 0.3 is 0 Å². The fraction of sp³-hybridized carbons (Fsp3) is 0.167. The van der Waals surface area contributed by atoms with Crippen LogP contribution in [0.5, 0.6) is 11.5 Å². The third kappa shape index (κ3) is 4.79. The second kappa shape index (κ2) is 9.03. The maximum Gasteiger partial charge on any atom is 0.127 e. The zero-order valence-corrected chi connectivity index (χ0v) is 16.3. The minimum absolute atomic E-state index is 0.334. The summed E-state index contributed by atoms with van der Waals surface area (Å²) in [6, 6.07) is 23.5. The number of hydrogen-bond acceptors (Lipinski definition) is 1. The predicted molar refractivity (Wildman–Crippen MR) is 111 cm³/mol. The number of alkyl halides is 1. The first-order valence-electron chi connectivity index (χ1n) is 9.01. The number of allylic oxidation sites excluding steroid dienone is 2. The molecule has 0 saturated carbocycles. The molecule has 3 aromatic rings. The van der Waals surface area contributed by atoms with Gasteiger partial charge in [0.05, 0.1) is 5.41 Å². The maximum atomic E-state index is 14.9. The smallest absolute Gasteiger partial charge is 0.127 e. The van der Waals surface area contributed by atoms with Gasteiger partial charge in [-0.05, 0) is 66.9 Å². The zero-order chi connectivity index (χ0) is 20.0. The van der Waals surface area contributed by atoms with Crippen molar-refractivity contribution in [1.82, 2.24) is 0 Å². The Balaban J connectivity index is 1.76. The predicted octanol–water partition coefficient (Wildman–Crippen LogP) is 7.46. The van der Waals surface area contributed by atoms with Crippen LogP contribution in [0.2, 0.25) is 5.02 Å². The molecule has 1 atom stereocenters. The van der Waals surface area contributed by atoms with E-state index < -0.39 is 17.9 Å². The van der Waals surface area contributed by atoms with Crippen molar-refractivity contribution in [3.05, 3.63) is 107 Å². The number of benzene rings is 3. The van der Waals surface area contributed by atoms with Gasteiger partial charge in [0.1, 0.15) is 24.0 Å². The Kier molecular flexibility index (Phi) is 6.48. The highest BCUT2D eigenvalue weighted by Gasteiger charge is 2.32. The molecule has 0 saturated heterocycles. The van der Waals surface area contributed by atoms with Crippen molar-refractivity contribution < 1.29 is 13.5 Å². The van der Waals surface area contributed by atoms with Crippen molar-refractivity contribution in [3.63, 3.8) is 0 Å². The Labute approximate surface area is 169 Å². The van der Waals surface area contributed by atoms with Crippen molar-refractivity contribution >= 4 is 11.6 Å². The average Bonchev–Trinajstić information content (AvgIpc) is 2.73. The molecule has 0 aliphatic rings. The molecule has 0 N–H and O–H groups in total. The molecule has 4 heteroatoms. The first-order chi connectivity index (χ1) is 13.5. The molecule has 0 fully saturated rings. The molecular weight excluding hydrogens is 378 g/mol. The molecule has 0 bridgehead atoms. The molecule has 0 aliphatic carbocycles. The average molecular weight is 399 g/mol. The first-order valence-corrected chi connectivity index (χ1v) is 9.39. The highest BCUT2D eigenvalue weighted by atomic mass is 35.5. The molecule has 3 aromatic carbocycles. The Morgan fingerprint density at radius 1 is 0.964 bits per heavy atom. The van der Waals surface area contributed by atoms with Crippen LogP contribution in [0.1, 0.15) is 18.1 Å². The van der Waals surface area contributed by atoms with Gasteiger partial charge < -0.3 is 4.74 Å². The van der Waals surface area contributed by atoms with Crippen LogP contribution in [-0.4, -0.2) is 6.67 Å². The van der Waals surface area contributed by atoms with Gasteiger partial charge in [0, 0.05) is 5.02 Å². The van der Waals surface area contributed by atoms with Gasteiger partial charge in [0.2, 0.25) is 0 Å². The molecule has 0 heterocycles. The minimum Gasteiger partial charge on any atom is -0.457 e. The SMILES string of the molecule is CC(CF)(/C(F)=C/Cc1cccc(Oc2ccccc2)c1)c1ccc(Cl)cc1. The van der Waals surface area contributed by atoms with E-state index >= 15 is 0 Å². The van der Waals surface area contributed by atoms with Crippen molar-refractivity contribution in [2.75, 3.05) is 6.67 Å². The van der Waals surface area contributed by atoms with Crippen LogP contribution in [0.25, 0.3) is 0 Å². The number of rotatable bonds is 7. The summed E-state index contributed by atoms with van der Waals surface area (Å²) in [7, 11) is 0. The highest BCUT2D eigenvalue weighted by Crippen LogP contribution is 2.34. The lowest BCUT2D eigenvalue weighted by Crippen LogP contribution is -2.25. The van der Waals surface area contributed by atoms with Gasteiger partial charge in [0.25, 0.3) is 0 Å². The third-order valence-electron chi connectivity index (χ3n) is 4.67.